The Balaban J connectivity index is 0.00000353. The molecule has 1 fully saturated rings. The summed E-state index contributed by atoms with van der Waals surface area (Å²) in [5.41, 5.74) is 8.67. The molecule has 1 aromatic heterocycles. The Morgan fingerprint density at radius 1 is 1.18 bits per heavy atom. The van der Waals surface area contributed by atoms with E-state index in [-0.39, 0.29) is 29.8 Å². The molecule has 0 unspecified atom stereocenters. The second kappa shape index (κ2) is 10.4. The molecule has 8 nitrogen and oxygen atoms in total. The van der Waals surface area contributed by atoms with E-state index < -0.39 is 38.7 Å². The van der Waals surface area contributed by atoms with Crippen molar-refractivity contribution in [3.05, 3.63) is 81.7 Å². The SMILES string of the molecule is C.Cc1[nH]c(/C=C2\C(=O)Nc3ccc(S(=O)(=O)Cc4c(F)cccc4F)cc32)c(C)c1C(=O)N1CC[C@H](N)C1. The third-order valence-corrected chi connectivity index (χ3v) is 8.66. The van der Waals surface area contributed by atoms with Gasteiger partial charge in [-0.2, -0.15) is 0 Å². The molecule has 2 aliphatic heterocycles. The fourth-order valence-electron chi connectivity index (χ4n) is 4.96. The number of nitrogens with one attached hydrogen (secondary N) is 2. The van der Waals surface area contributed by atoms with E-state index in [4.69, 9.17) is 5.73 Å². The molecule has 11 heteroatoms. The quantitative estimate of drug-likeness (QED) is 0.407. The summed E-state index contributed by atoms with van der Waals surface area (Å²) in [5, 5.41) is 2.70. The van der Waals surface area contributed by atoms with E-state index in [9.17, 15) is 26.8 Å². The molecule has 3 heterocycles. The number of rotatable bonds is 5. The topological polar surface area (TPSA) is 125 Å². The number of hydrogen-bond donors (Lipinski definition) is 3. The molecule has 0 radical (unpaired) electrons. The second-order valence-electron chi connectivity index (χ2n) is 9.64. The van der Waals surface area contributed by atoms with Gasteiger partial charge in [-0.15, -0.1) is 0 Å². The minimum atomic E-state index is -4.14. The second-order valence-corrected chi connectivity index (χ2v) is 11.6. The number of aromatic nitrogens is 1. The van der Waals surface area contributed by atoms with Crippen LogP contribution in [0.25, 0.3) is 11.6 Å². The predicted molar refractivity (Wildman–Crippen MR) is 146 cm³/mol. The monoisotopic (exact) mass is 556 g/mol. The van der Waals surface area contributed by atoms with Crippen LogP contribution < -0.4 is 11.1 Å². The van der Waals surface area contributed by atoms with Gasteiger partial charge in [-0.25, -0.2) is 17.2 Å². The fraction of sp³-hybridized carbons (Fsp3) is 0.286. The van der Waals surface area contributed by atoms with Crippen LogP contribution in [0, 0.1) is 25.5 Å². The van der Waals surface area contributed by atoms with E-state index in [0.29, 0.717) is 46.9 Å². The first-order chi connectivity index (χ1) is 18.0. The zero-order chi connectivity index (χ0) is 27.4. The number of fused-ring (bicyclic) bond motifs is 1. The molecular formula is C28H30F2N4O4S. The van der Waals surface area contributed by atoms with Gasteiger partial charge >= 0.3 is 0 Å². The molecule has 0 bridgehead atoms. The summed E-state index contributed by atoms with van der Waals surface area (Å²) in [6, 6.07) is 7.15. The summed E-state index contributed by atoms with van der Waals surface area (Å²) in [6.45, 7) is 4.59. The normalized spacial score (nSPS) is 17.8. The Morgan fingerprint density at radius 3 is 2.51 bits per heavy atom. The van der Waals surface area contributed by atoms with Gasteiger partial charge in [0, 0.05) is 47.3 Å². The zero-order valence-corrected chi connectivity index (χ0v) is 21.6. The van der Waals surface area contributed by atoms with Gasteiger partial charge in [0.05, 0.1) is 21.8 Å². The van der Waals surface area contributed by atoms with Gasteiger partial charge in [0.15, 0.2) is 9.84 Å². The zero-order valence-electron chi connectivity index (χ0n) is 20.8. The molecule has 39 heavy (non-hydrogen) atoms. The molecule has 0 spiro atoms. The molecule has 0 aliphatic carbocycles. The lowest BCUT2D eigenvalue weighted by Gasteiger charge is -2.16. The van der Waals surface area contributed by atoms with E-state index in [2.05, 4.69) is 10.3 Å². The van der Waals surface area contributed by atoms with Crippen LogP contribution in [0.3, 0.4) is 0 Å². The number of nitrogens with zero attached hydrogens (tertiary/aromatic N) is 1. The lowest BCUT2D eigenvalue weighted by molar-refractivity contribution is -0.110. The van der Waals surface area contributed by atoms with Crippen molar-refractivity contribution >= 4 is 39.0 Å². The number of likely N-dealkylation sites (tertiary alicyclic amines) is 1. The van der Waals surface area contributed by atoms with Gasteiger partial charge in [0.25, 0.3) is 11.8 Å². The van der Waals surface area contributed by atoms with Gasteiger partial charge in [-0.1, -0.05) is 13.5 Å². The number of hydrogen-bond acceptors (Lipinski definition) is 5. The number of carbonyl (C=O) groups is 2. The molecule has 3 aromatic rings. The minimum Gasteiger partial charge on any atom is -0.358 e. The summed E-state index contributed by atoms with van der Waals surface area (Å²) >= 11 is 0. The molecular weight excluding hydrogens is 526 g/mol. The minimum absolute atomic E-state index is 0. The first kappa shape index (κ1) is 28.2. The predicted octanol–water partition coefficient (Wildman–Crippen LogP) is 4.19. The van der Waals surface area contributed by atoms with Gasteiger partial charge in [0.1, 0.15) is 11.6 Å². The van der Waals surface area contributed by atoms with E-state index in [0.717, 1.165) is 24.6 Å². The average Bonchev–Trinajstić information content (AvgIpc) is 3.51. The largest absolute Gasteiger partial charge is 0.358 e. The number of sulfone groups is 1. The third kappa shape index (κ3) is 5.11. The standard InChI is InChI=1S/C27H26F2N4O4S.CH4/c1-14-24(31-15(2)25(14)27(35)33-9-8-16(30)12-33)11-19-18-10-17(6-7-23(18)32-26(19)34)38(36,37)13-20-21(28)4-3-5-22(20)29;/h3-7,10-11,16,31H,8-9,12-13,30H2,1-2H3,(H,32,34);1H4/b19-11-;/t16-;/m0./s1. The number of aryl methyl sites for hydroxylation is 1. The van der Waals surface area contributed by atoms with E-state index in [1.54, 1.807) is 24.8 Å². The van der Waals surface area contributed by atoms with Gasteiger partial charge in [-0.3, -0.25) is 9.59 Å². The summed E-state index contributed by atoms with van der Waals surface area (Å²) in [4.78, 5) is 30.6. The summed E-state index contributed by atoms with van der Waals surface area (Å²) in [6.07, 6.45) is 2.31. The number of anilines is 1. The lowest BCUT2D eigenvalue weighted by Crippen LogP contribution is -2.32. The van der Waals surface area contributed by atoms with Crippen molar-refractivity contribution in [1.29, 1.82) is 0 Å². The smallest absolute Gasteiger partial charge is 0.256 e. The van der Waals surface area contributed by atoms with Crippen LogP contribution in [0.15, 0.2) is 41.3 Å². The van der Waals surface area contributed by atoms with Crippen LogP contribution in [-0.2, 0) is 20.4 Å². The highest BCUT2D eigenvalue weighted by Gasteiger charge is 2.31. The maximum atomic E-state index is 14.1. The fourth-order valence-corrected chi connectivity index (χ4v) is 6.36. The van der Waals surface area contributed by atoms with Crippen LogP contribution in [0.1, 0.15) is 52.3 Å². The van der Waals surface area contributed by atoms with Crippen LogP contribution in [0.2, 0.25) is 0 Å². The Kier molecular flexibility index (Phi) is 7.50. The molecule has 4 N–H and O–H groups in total. The number of benzene rings is 2. The highest BCUT2D eigenvalue weighted by atomic mass is 32.2. The summed E-state index contributed by atoms with van der Waals surface area (Å²) in [5.74, 6) is -3.36. The average molecular weight is 557 g/mol. The molecule has 2 amide bonds. The molecule has 1 atom stereocenters. The van der Waals surface area contributed by atoms with E-state index in [1.807, 2.05) is 0 Å². The molecule has 2 aliphatic rings. The first-order valence-electron chi connectivity index (χ1n) is 12.0. The highest BCUT2D eigenvalue weighted by Crippen LogP contribution is 2.36. The van der Waals surface area contributed by atoms with Crippen molar-refractivity contribution in [3.8, 4) is 0 Å². The van der Waals surface area contributed by atoms with Crippen molar-refractivity contribution in [2.75, 3.05) is 18.4 Å². The Hall–Kier alpha value is -3.83. The van der Waals surface area contributed by atoms with Crippen molar-refractivity contribution in [3.63, 3.8) is 0 Å². The maximum Gasteiger partial charge on any atom is 0.256 e. The van der Waals surface area contributed by atoms with E-state index >= 15 is 0 Å². The van der Waals surface area contributed by atoms with Crippen LogP contribution in [-0.4, -0.2) is 49.2 Å². The summed E-state index contributed by atoms with van der Waals surface area (Å²) in [7, 11) is -4.14. The molecule has 2 aromatic carbocycles. The van der Waals surface area contributed by atoms with E-state index in [1.165, 1.54) is 18.2 Å². The Morgan fingerprint density at radius 2 is 1.87 bits per heavy atom. The number of carbonyl (C=O) groups excluding carboxylic acids is 2. The molecule has 206 valence electrons. The first-order valence-corrected chi connectivity index (χ1v) is 13.7. The van der Waals surface area contributed by atoms with Crippen LogP contribution in [0.5, 0.6) is 0 Å². The van der Waals surface area contributed by atoms with Gasteiger partial charge in [0.2, 0.25) is 0 Å². The highest BCUT2D eigenvalue weighted by molar-refractivity contribution is 7.90. The van der Waals surface area contributed by atoms with Crippen molar-refractivity contribution in [2.24, 2.45) is 5.73 Å². The molecule has 0 saturated carbocycles. The van der Waals surface area contributed by atoms with Gasteiger partial charge in [-0.05, 0) is 62.2 Å². The van der Waals surface area contributed by atoms with Crippen molar-refractivity contribution in [1.82, 2.24) is 9.88 Å². The maximum absolute atomic E-state index is 14.1. The molecule has 5 rings (SSSR count). The molecule has 1 saturated heterocycles. The van der Waals surface area contributed by atoms with Gasteiger partial charge < -0.3 is 20.9 Å². The van der Waals surface area contributed by atoms with Crippen molar-refractivity contribution < 1.29 is 26.8 Å². The lowest BCUT2D eigenvalue weighted by atomic mass is 10.0. The number of aromatic amines is 1. The number of H-pyrrole nitrogens is 1. The third-order valence-electron chi connectivity index (χ3n) is 7.02. The van der Waals surface area contributed by atoms with Crippen molar-refractivity contribution in [2.45, 2.75) is 44.4 Å². The van der Waals surface area contributed by atoms with Crippen LogP contribution in [0.4, 0.5) is 14.5 Å². The Bertz CT molecular complexity index is 1610. The number of amides is 2. The number of halogens is 2. The number of nitrogens with two attached hydrogens (primary N) is 1. The Labute approximate surface area is 225 Å². The van der Waals surface area contributed by atoms with Crippen LogP contribution >= 0.6 is 0 Å². The summed E-state index contributed by atoms with van der Waals surface area (Å²) < 4.78 is 54.4.